The van der Waals surface area contributed by atoms with Crippen LogP contribution in [0.4, 0.5) is 0 Å². The number of hydrogen-bond acceptors (Lipinski definition) is 5. The molecule has 3 rings (SSSR count). The van der Waals surface area contributed by atoms with Crippen LogP contribution in [0.3, 0.4) is 0 Å². The normalized spacial score (nSPS) is 15.7. The van der Waals surface area contributed by atoms with E-state index < -0.39 is 12.0 Å². The molecule has 0 heterocycles. The quantitative estimate of drug-likeness (QED) is 0.224. The van der Waals surface area contributed by atoms with Gasteiger partial charge in [0.1, 0.15) is 6.04 Å². The predicted molar refractivity (Wildman–Crippen MR) is 163 cm³/mol. The zero-order valence-electron chi connectivity index (χ0n) is 23.1. The fourth-order valence-corrected chi connectivity index (χ4v) is 6.53. The van der Waals surface area contributed by atoms with Crippen molar-refractivity contribution in [2.24, 2.45) is 5.92 Å². The Morgan fingerprint density at radius 2 is 1.84 bits per heavy atom. The minimum Gasteiger partial charge on any atom is -0.480 e. The zero-order chi connectivity index (χ0) is 27.3. The van der Waals surface area contributed by atoms with Crippen molar-refractivity contribution in [3.8, 4) is 11.1 Å². The molecule has 0 aromatic heterocycles. The van der Waals surface area contributed by atoms with Crippen LogP contribution in [0.15, 0.2) is 42.5 Å². The van der Waals surface area contributed by atoms with Gasteiger partial charge in [-0.2, -0.15) is 23.5 Å². The van der Waals surface area contributed by atoms with Crippen molar-refractivity contribution in [2.45, 2.75) is 77.4 Å². The fraction of sp³-hybridized carbons (Fsp3) is 0.548. The Labute approximate surface area is 237 Å². The lowest BCUT2D eigenvalue weighted by atomic mass is 9.85. The fourth-order valence-electron chi connectivity index (χ4n) is 5.28. The number of benzene rings is 2. The molecule has 2 unspecified atom stereocenters. The molecule has 0 radical (unpaired) electrons. The summed E-state index contributed by atoms with van der Waals surface area (Å²) in [4.78, 5) is 25.1. The van der Waals surface area contributed by atoms with Crippen LogP contribution in [-0.4, -0.2) is 52.6 Å². The molecular weight excluding hydrogens is 512 g/mol. The Morgan fingerprint density at radius 1 is 1.08 bits per heavy atom. The van der Waals surface area contributed by atoms with Gasteiger partial charge in [0, 0.05) is 23.9 Å². The van der Waals surface area contributed by atoms with Crippen molar-refractivity contribution in [1.82, 2.24) is 10.6 Å². The third-order valence-corrected chi connectivity index (χ3v) is 9.13. The van der Waals surface area contributed by atoms with Gasteiger partial charge in [-0.15, -0.1) is 0 Å². The molecule has 38 heavy (non-hydrogen) atoms. The average Bonchev–Trinajstić information content (AvgIpc) is 2.93. The SMILES string of the molecule is CCSCC(CC1CCCCC1)NCc1ccc(C(=O)NC(CCSC)C(=O)O)c(-c2ccccc2C)c1. The number of rotatable bonds is 15. The van der Waals surface area contributed by atoms with Crippen LogP contribution < -0.4 is 10.6 Å². The summed E-state index contributed by atoms with van der Waals surface area (Å²) in [5.41, 5.74) is 4.57. The minimum absolute atomic E-state index is 0.342. The van der Waals surface area contributed by atoms with E-state index in [0.29, 0.717) is 23.8 Å². The van der Waals surface area contributed by atoms with Gasteiger partial charge in [0.25, 0.3) is 5.91 Å². The van der Waals surface area contributed by atoms with Crippen LogP contribution in [-0.2, 0) is 11.3 Å². The number of carboxylic acid groups (broad SMARTS) is 1. The average molecular weight is 557 g/mol. The van der Waals surface area contributed by atoms with Crippen LogP contribution in [0, 0.1) is 12.8 Å². The van der Waals surface area contributed by atoms with Crippen LogP contribution in [0.2, 0.25) is 0 Å². The maximum atomic E-state index is 13.3. The predicted octanol–water partition coefficient (Wildman–Crippen LogP) is 6.78. The van der Waals surface area contributed by atoms with E-state index >= 15 is 0 Å². The number of carbonyl (C=O) groups excluding carboxylic acids is 1. The first-order valence-corrected chi connectivity index (χ1v) is 16.5. The van der Waals surface area contributed by atoms with E-state index in [0.717, 1.165) is 46.2 Å². The lowest BCUT2D eigenvalue weighted by Crippen LogP contribution is -2.41. The Bertz CT molecular complexity index is 1040. The van der Waals surface area contributed by atoms with Gasteiger partial charge in [0.2, 0.25) is 0 Å². The molecular formula is C31H44N2O3S2. The molecule has 7 heteroatoms. The van der Waals surface area contributed by atoms with Crippen LogP contribution in [0.5, 0.6) is 0 Å². The number of aryl methyl sites for hydroxylation is 1. The molecule has 1 saturated carbocycles. The summed E-state index contributed by atoms with van der Waals surface area (Å²) in [7, 11) is 0. The Balaban J connectivity index is 1.82. The third kappa shape index (κ3) is 9.35. The topological polar surface area (TPSA) is 78.4 Å². The molecule has 1 aliphatic rings. The highest BCUT2D eigenvalue weighted by molar-refractivity contribution is 7.99. The number of amides is 1. The Hall–Kier alpha value is -1.96. The molecule has 208 valence electrons. The molecule has 0 aliphatic heterocycles. The standard InChI is InChI=1S/C31H44N2O3S2/c1-4-38-21-25(18-23-11-6-5-7-12-23)32-20-24-14-15-27(28(19-24)26-13-9-8-10-22(26)2)30(34)33-29(31(35)36)16-17-37-3/h8-10,13-15,19,23,25,29,32H,4-7,11-12,16-18,20-21H2,1-3H3,(H,33,34)(H,35,36). The van der Waals surface area contributed by atoms with Gasteiger partial charge in [0.15, 0.2) is 0 Å². The zero-order valence-corrected chi connectivity index (χ0v) is 24.8. The molecule has 3 N–H and O–H groups in total. The molecule has 0 bridgehead atoms. The van der Waals surface area contributed by atoms with Gasteiger partial charge in [-0.25, -0.2) is 4.79 Å². The molecule has 5 nitrogen and oxygen atoms in total. The summed E-state index contributed by atoms with van der Waals surface area (Å²) in [5, 5.41) is 16.2. The first-order chi connectivity index (χ1) is 18.4. The lowest BCUT2D eigenvalue weighted by molar-refractivity contribution is -0.139. The maximum Gasteiger partial charge on any atom is 0.326 e. The maximum absolute atomic E-state index is 13.3. The van der Waals surface area contributed by atoms with Gasteiger partial charge < -0.3 is 15.7 Å². The van der Waals surface area contributed by atoms with E-state index in [2.05, 4.69) is 23.6 Å². The van der Waals surface area contributed by atoms with Gasteiger partial charge in [-0.05, 0) is 77.8 Å². The summed E-state index contributed by atoms with van der Waals surface area (Å²) >= 11 is 3.57. The molecule has 1 amide bonds. The largest absolute Gasteiger partial charge is 0.480 e. The second-order valence-corrected chi connectivity index (χ2v) is 12.6. The lowest BCUT2D eigenvalue weighted by Gasteiger charge is -2.27. The highest BCUT2D eigenvalue weighted by Crippen LogP contribution is 2.30. The number of hydrogen-bond donors (Lipinski definition) is 3. The molecule has 2 aromatic carbocycles. The summed E-state index contributed by atoms with van der Waals surface area (Å²) in [6, 6.07) is 13.6. The van der Waals surface area contributed by atoms with Crippen molar-refractivity contribution in [1.29, 1.82) is 0 Å². The van der Waals surface area contributed by atoms with Crippen LogP contribution in [0.1, 0.15) is 73.4 Å². The highest BCUT2D eigenvalue weighted by Gasteiger charge is 2.23. The van der Waals surface area contributed by atoms with Crippen molar-refractivity contribution in [3.05, 3.63) is 59.2 Å². The highest BCUT2D eigenvalue weighted by atomic mass is 32.2. The third-order valence-electron chi connectivity index (χ3n) is 7.44. The number of carboxylic acids is 1. The molecule has 1 aliphatic carbocycles. The summed E-state index contributed by atoms with van der Waals surface area (Å²) in [5.74, 6) is 2.39. The second-order valence-electron chi connectivity index (χ2n) is 10.3. The first-order valence-electron chi connectivity index (χ1n) is 14.0. The van der Waals surface area contributed by atoms with Crippen LogP contribution >= 0.6 is 23.5 Å². The number of carbonyl (C=O) groups is 2. The molecule has 2 aromatic rings. The van der Waals surface area contributed by atoms with Crippen molar-refractivity contribution in [3.63, 3.8) is 0 Å². The molecule has 0 saturated heterocycles. The smallest absolute Gasteiger partial charge is 0.326 e. The molecule has 2 atom stereocenters. The van der Waals surface area contributed by atoms with Gasteiger partial charge in [-0.1, -0.05) is 69.4 Å². The number of aliphatic carboxylic acids is 1. The second kappa shape index (κ2) is 16.2. The number of thioether (sulfide) groups is 2. The van der Waals surface area contributed by atoms with E-state index in [-0.39, 0.29) is 5.91 Å². The molecule has 1 fully saturated rings. The van der Waals surface area contributed by atoms with Gasteiger partial charge in [0.05, 0.1) is 0 Å². The van der Waals surface area contributed by atoms with E-state index in [1.165, 1.54) is 38.5 Å². The Kier molecular flexibility index (Phi) is 13.0. The van der Waals surface area contributed by atoms with E-state index in [1.54, 1.807) is 11.8 Å². The summed E-state index contributed by atoms with van der Waals surface area (Å²) in [6.45, 7) is 5.01. The number of nitrogens with one attached hydrogen (secondary N) is 2. The summed E-state index contributed by atoms with van der Waals surface area (Å²) in [6.07, 6.45) is 10.4. The first kappa shape index (κ1) is 30.6. The van der Waals surface area contributed by atoms with Crippen molar-refractivity contribution in [2.75, 3.05) is 23.5 Å². The summed E-state index contributed by atoms with van der Waals surface area (Å²) < 4.78 is 0. The van der Waals surface area contributed by atoms with Gasteiger partial charge >= 0.3 is 5.97 Å². The van der Waals surface area contributed by atoms with Gasteiger partial charge in [-0.3, -0.25) is 4.79 Å². The van der Waals surface area contributed by atoms with Crippen molar-refractivity contribution >= 4 is 35.4 Å². The van der Waals surface area contributed by atoms with Crippen molar-refractivity contribution < 1.29 is 14.7 Å². The van der Waals surface area contributed by atoms with E-state index in [1.807, 2.05) is 61.3 Å². The monoisotopic (exact) mass is 556 g/mol. The Morgan fingerprint density at radius 3 is 2.53 bits per heavy atom. The van der Waals surface area contributed by atoms with Crippen LogP contribution in [0.25, 0.3) is 11.1 Å². The minimum atomic E-state index is -1.00. The van der Waals surface area contributed by atoms with E-state index in [9.17, 15) is 14.7 Å². The molecule has 0 spiro atoms. The van der Waals surface area contributed by atoms with E-state index in [4.69, 9.17) is 0 Å².